The van der Waals surface area contributed by atoms with Crippen molar-refractivity contribution in [1.29, 1.82) is 0 Å². The maximum absolute atomic E-state index is 13.1. The molecule has 0 spiro atoms. The molecule has 0 fully saturated rings. The molecular weight excluding hydrogens is 435 g/mol. The minimum atomic E-state index is -3.45. The predicted octanol–water partition coefficient (Wildman–Crippen LogP) is 3.65. The van der Waals surface area contributed by atoms with Crippen molar-refractivity contribution in [2.45, 2.75) is 19.4 Å². The van der Waals surface area contributed by atoms with E-state index >= 15 is 0 Å². The van der Waals surface area contributed by atoms with E-state index in [4.69, 9.17) is 0 Å². The number of carbonyl (C=O) groups excluding carboxylic acids is 1. The largest absolute Gasteiger partial charge is 0.346 e. The highest BCUT2D eigenvalue weighted by atomic mass is 79.9. The van der Waals surface area contributed by atoms with E-state index in [-0.39, 0.29) is 17.8 Å². The van der Waals surface area contributed by atoms with Crippen LogP contribution in [0.15, 0.2) is 42.5 Å². The smallest absolute Gasteiger partial charge is 0.251 e. The van der Waals surface area contributed by atoms with Gasteiger partial charge in [0.1, 0.15) is 5.82 Å². The van der Waals surface area contributed by atoms with Crippen LogP contribution in [0.4, 0.5) is 10.1 Å². The zero-order valence-corrected chi connectivity index (χ0v) is 17.8. The Morgan fingerprint density at radius 1 is 1.22 bits per heavy atom. The van der Waals surface area contributed by atoms with Crippen molar-refractivity contribution >= 4 is 37.5 Å². The lowest BCUT2D eigenvalue weighted by Crippen LogP contribution is -2.28. The van der Waals surface area contributed by atoms with Crippen LogP contribution in [0.2, 0.25) is 0 Å². The molecule has 0 aliphatic rings. The van der Waals surface area contributed by atoms with Crippen molar-refractivity contribution in [1.82, 2.24) is 5.32 Å². The van der Waals surface area contributed by atoms with Gasteiger partial charge in [0.2, 0.25) is 10.0 Å². The number of carbonyl (C=O) groups is 1. The Bertz CT molecular complexity index is 917. The zero-order valence-electron chi connectivity index (χ0n) is 15.4. The number of amides is 1. The number of benzene rings is 2. The van der Waals surface area contributed by atoms with Gasteiger partial charge < -0.3 is 5.32 Å². The van der Waals surface area contributed by atoms with Gasteiger partial charge in [0.15, 0.2) is 0 Å². The molecule has 0 saturated heterocycles. The van der Waals surface area contributed by atoms with Crippen molar-refractivity contribution in [3.05, 3.63) is 65.0 Å². The Labute approximate surface area is 167 Å². The van der Waals surface area contributed by atoms with Gasteiger partial charge in [0, 0.05) is 17.9 Å². The highest BCUT2D eigenvalue weighted by Crippen LogP contribution is 2.22. The summed E-state index contributed by atoms with van der Waals surface area (Å²) in [7, 11) is -2.00. The summed E-state index contributed by atoms with van der Waals surface area (Å²) in [5, 5.41) is 3.55. The number of sulfonamides is 1. The maximum atomic E-state index is 13.1. The van der Waals surface area contributed by atoms with E-state index in [1.165, 1.54) is 19.2 Å². The van der Waals surface area contributed by atoms with E-state index in [1.807, 2.05) is 0 Å². The second-order valence-electron chi connectivity index (χ2n) is 6.30. The van der Waals surface area contributed by atoms with E-state index in [1.54, 1.807) is 37.3 Å². The number of hydrogen-bond donors (Lipinski definition) is 1. The molecule has 0 saturated carbocycles. The van der Waals surface area contributed by atoms with Crippen LogP contribution < -0.4 is 9.62 Å². The minimum Gasteiger partial charge on any atom is -0.346 e. The number of halogens is 2. The number of aryl methyl sites for hydroxylation is 1. The average molecular weight is 457 g/mol. The predicted molar refractivity (Wildman–Crippen MR) is 109 cm³/mol. The number of nitrogens with zero attached hydrogens (tertiary/aromatic N) is 1. The number of nitrogens with one attached hydrogen (secondary N) is 1. The second kappa shape index (κ2) is 8.84. The lowest BCUT2D eigenvalue weighted by molar-refractivity contribution is 0.0940. The Balaban J connectivity index is 2.30. The summed E-state index contributed by atoms with van der Waals surface area (Å²) in [5.74, 6) is -0.667. The van der Waals surface area contributed by atoms with E-state index in [0.717, 1.165) is 21.7 Å². The summed E-state index contributed by atoms with van der Waals surface area (Å²) in [6, 6.07) is 10.6. The first-order chi connectivity index (χ1) is 12.6. The first kappa shape index (κ1) is 21.4. The van der Waals surface area contributed by atoms with Crippen LogP contribution >= 0.6 is 15.9 Å². The molecule has 0 heterocycles. The molecule has 1 amide bonds. The molecule has 8 heteroatoms. The van der Waals surface area contributed by atoms with Gasteiger partial charge in [-0.25, -0.2) is 12.8 Å². The summed E-state index contributed by atoms with van der Waals surface area (Å²) in [5.41, 5.74) is 2.41. The topological polar surface area (TPSA) is 66.5 Å². The third kappa shape index (κ3) is 5.77. The van der Waals surface area contributed by atoms with Crippen molar-refractivity contribution in [3.63, 3.8) is 0 Å². The molecule has 1 N–H and O–H groups in total. The van der Waals surface area contributed by atoms with Gasteiger partial charge in [0.05, 0.1) is 18.0 Å². The Hall–Kier alpha value is -1.93. The van der Waals surface area contributed by atoms with Gasteiger partial charge in [-0.1, -0.05) is 28.1 Å². The highest BCUT2D eigenvalue weighted by Gasteiger charge is 2.17. The normalized spacial score (nSPS) is 12.5. The van der Waals surface area contributed by atoms with E-state index in [0.29, 0.717) is 23.0 Å². The lowest BCUT2D eigenvalue weighted by Gasteiger charge is -2.20. The number of rotatable bonds is 7. The SMILES string of the molecule is C[C@@H](NC(=O)c1cc(CCBr)cc(N(C)S(C)(=O)=O)c1)c1ccc(F)cc1. The summed E-state index contributed by atoms with van der Waals surface area (Å²) >= 11 is 3.36. The van der Waals surface area contributed by atoms with E-state index in [9.17, 15) is 17.6 Å². The van der Waals surface area contributed by atoms with Gasteiger partial charge >= 0.3 is 0 Å². The highest BCUT2D eigenvalue weighted by molar-refractivity contribution is 9.09. The van der Waals surface area contributed by atoms with E-state index < -0.39 is 10.0 Å². The van der Waals surface area contributed by atoms with Gasteiger partial charge in [0.25, 0.3) is 5.91 Å². The molecule has 0 aliphatic carbocycles. The molecule has 0 aromatic heterocycles. The molecule has 2 aromatic carbocycles. The van der Waals surface area contributed by atoms with Crippen LogP contribution in [0.25, 0.3) is 0 Å². The summed E-state index contributed by atoms with van der Waals surface area (Å²) in [6.45, 7) is 1.80. The van der Waals surface area contributed by atoms with Gasteiger partial charge in [-0.15, -0.1) is 0 Å². The number of anilines is 1. The molecular formula is C19H22BrFN2O3S. The third-order valence-electron chi connectivity index (χ3n) is 4.20. The standard InChI is InChI=1S/C19H22BrFN2O3S/c1-13(15-4-6-17(21)7-5-15)22-19(24)16-10-14(8-9-20)11-18(12-16)23(2)27(3,25)26/h4-7,10-13H,8-9H2,1-3H3,(H,22,24)/t13-/m1/s1. The lowest BCUT2D eigenvalue weighted by atomic mass is 10.0. The van der Waals surface area contributed by atoms with Gasteiger partial charge in [-0.2, -0.15) is 0 Å². The Morgan fingerprint density at radius 3 is 2.41 bits per heavy atom. The monoisotopic (exact) mass is 456 g/mol. The fraction of sp³-hybridized carbons (Fsp3) is 0.316. The Kier molecular flexibility index (Phi) is 7.00. The number of hydrogen-bond acceptors (Lipinski definition) is 3. The molecule has 0 unspecified atom stereocenters. The molecule has 146 valence electrons. The quantitative estimate of drug-likeness (QED) is 0.646. The fourth-order valence-corrected chi connectivity index (χ4v) is 3.49. The van der Waals surface area contributed by atoms with Crippen molar-refractivity contribution in [2.24, 2.45) is 0 Å². The summed E-state index contributed by atoms with van der Waals surface area (Å²) < 4.78 is 37.9. The summed E-state index contributed by atoms with van der Waals surface area (Å²) in [6.07, 6.45) is 1.76. The average Bonchev–Trinajstić information content (AvgIpc) is 2.60. The first-order valence-electron chi connectivity index (χ1n) is 8.32. The fourth-order valence-electron chi connectivity index (χ4n) is 2.55. The molecule has 0 aliphatic heterocycles. The molecule has 0 radical (unpaired) electrons. The van der Waals surface area contributed by atoms with Crippen LogP contribution in [0.3, 0.4) is 0 Å². The molecule has 5 nitrogen and oxygen atoms in total. The minimum absolute atomic E-state index is 0.325. The maximum Gasteiger partial charge on any atom is 0.251 e. The zero-order chi connectivity index (χ0) is 20.2. The first-order valence-corrected chi connectivity index (χ1v) is 11.3. The third-order valence-corrected chi connectivity index (χ3v) is 5.80. The van der Waals surface area contributed by atoms with Crippen LogP contribution in [0.1, 0.15) is 34.5 Å². The molecule has 2 rings (SSSR count). The van der Waals surface area contributed by atoms with Crippen molar-refractivity contribution < 1.29 is 17.6 Å². The van der Waals surface area contributed by atoms with Crippen molar-refractivity contribution in [2.75, 3.05) is 22.9 Å². The van der Waals surface area contributed by atoms with Gasteiger partial charge in [-0.3, -0.25) is 9.10 Å². The molecule has 27 heavy (non-hydrogen) atoms. The van der Waals surface area contributed by atoms with Crippen LogP contribution in [0.5, 0.6) is 0 Å². The number of alkyl halides is 1. The van der Waals surface area contributed by atoms with Crippen LogP contribution in [-0.2, 0) is 16.4 Å². The summed E-state index contributed by atoms with van der Waals surface area (Å²) in [4.78, 5) is 12.7. The molecule has 2 aromatic rings. The second-order valence-corrected chi connectivity index (χ2v) is 9.11. The molecule has 0 bridgehead atoms. The van der Waals surface area contributed by atoms with Crippen molar-refractivity contribution in [3.8, 4) is 0 Å². The van der Waals surface area contributed by atoms with Gasteiger partial charge in [-0.05, 0) is 54.8 Å². The Morgan fingerprint density at radius 2 is 1.85 bits per heavy atom. The van der Waals surface area contributed by atoms with E-state index in [2.05, 4.69) is 21.2 Å². The van der Waals surface area contributed by atoms with Crippen LogP contribution in [-0.4, -0.2) is 33.0 Å². The van der Waals surface area contributed by atoms with Crippen LogP contribution in [0, 0.1) is 5.82 Å². The molecule has 1 atom stereocenters.